The molecular formula is C24H25ClFN3O2. The Labute approximate surface area is 186 Å². The van der Waals surface area contributed by atoms with Gasteiger partial charge in [-0.15, -0.1) is 0 Å². The molecule has 2 aliphatic heterocycles. The summed E-state index contributed by atoms with van der Waals surface area (Å²) in [5, 5.41) is 3.27. The second-order valence-electron chi connectivity index (χ2n) is 8.20. The minimum atomic E-state index is -0.228. The molecule has 162 valence electrons. The predicted molar refractivity (Wildman–Crippen MR) is 120 cm³/mol. The second kappa shape index (κ2) is 9.20. The van der Waals surface area contributed by atoms with E-state index in [4.69, 9.17) is 11.6 Å². The number of hydrogen-bond donors (Lipinski definition) is 1. The number of carbonyl (C=O) groups excluding carboxylic acids is 2. The number of fused-ring (bicyclic) bond motifs is 2. The van der Waals surface area contributed by atoms with Crippen LogP contribution in [0.3, 0.4) is 0 Å². The van der Waals surface area contributed by atoms with Crippen LogP contribution in [0.5, 0.6) is 0 Å². The van der Waals surface area contributed by atoms with Gasteiger partial charge in [-0.05, 0) is 54.3 Å². The van der Waals surface area contributed by atoms with Crippen molar-refractivity contribution in [3.63, 3.8) is 0 Å². The fourth-order valence-electron chi connectivity index (χ4n) is 4.55. The van der Waals surface area contributed by atoms with Crippen molar-refractivity contribution in [2.75, 3.05) is 18.4 Å². The molecule has 2 aliphatic rings. The summed E-state index contributed by atoms with van der Waals surface area (Å²) in [6, 6.07) is 12.1. The van der Waals surface area contributed by atoms with Crippen LogP contribution in [0.1, 0.15) is 30.9 Å². The van der Waals surface area contributed by atoms with Gasteiger partial charge in [0.1, 0.15) is 5.82 Å². The highest BCUT2D eigenvalue weighted by Crippen LogP contribution is 2.31. The lowest BCUT2D eigenvalue weighted by molar-refractivity contribution is -0.131. The first kappa shape index (κ1) is 21.5. The van der Waals surface area contributed by atoms with E-state index >= 15 is 0 Å². The maximum absolute atomic E-state index is 13.2. The van der Waals surface area contributed by atoms with Crippen molar-refractivity contribution in [3.05, 3.63) is 70.5 Å². The lowest BCUT2D eigenvalue weighted by Crippen LogP contribution is -2.55. The van der Waals surface area contributed by atoms with Crippen LogP contribution in [0, 0.1) is 5.82 Å². The number of nitrogens with zero attached hydrogens (tertiary/aromatic N) is 2. The predicted octanol–water partition coefficient (Wildman–Crippen LogP) is 4.33. The third-order valence-electron chi connectivity index (χ3n) is 5.86. The molecular weight excluding hydrogens is 417 g/mol. The topological polar surface area (TPSA) is 52.7 Å². The minimum absolute atomic E-state index is 0.0161. The molecule has 2 bridgehead atoms. The van der Waals surface area contributed by atoms with Gasteiger partial charge in [-0.3, -0.25) is 14.5 Å². The highest BCUT2D eigenvalue weighted by atomic mass is 35.5. The maximum Gasteiger partial charge on any atom is 0.247 e. The van der Waals surface area contributed by atoms with Crippen molar-refractivity contribution < 1.29 is 14.0 Å². The van der Waals surface area contributed by atoms with Crippen molar-refractivity contribution >= 4 is 35.2 Å². The molecule has 1 N–H and O–H groups in total. The number of rotatable bonds is 5. The van der Waals surface area contributed by atoms with Gasteiger partial charge in [0, 0.05) is 55.4 Å². The molecule has 0 aromatic heterocycles. The standard InChI is InChI=1S/C24H25ClFN3O2/c1-16(30)27-23-12-19(25)6-4-18(23)5-11-24(31)29-21-9-10-22(29)15-28(14-21)13-17-2-7-20(26)8-3-17/h2-8,11-12,21-22H,9-10,13-15H2,1H3,(H,27,30). The van der Waals surface area contributed by atoms with Gasteiger partial charge in [-0.1, -0.05) is 29.8 Å². The van der Waals surface area contributed by atoms with Gasteiger partial charge >= 0.3 is 0 Å². The van der Waals surface area contributed by atoms with Gasteiger partial charge in [-0.2, -0.15) is 0 Å². The molecule has 2 amide bonds. The number of benzene rings is 2. The lowest BCUT2D eigenvalue weighted by atomic mass is 10.1. The molecule has 2 heterocycles. The van der Waals surface area contributed by atoms with Crippen LogP contribution < -0.4 is 5.32 Å². The summed E-state index contributed by atoms with van der Waals surface area (Å²) in [7, 11) is 0. The van der Waals surface area contributed by atoms with Gasteiger partial charge in [0.2, 0.25) is 11.8 Å². The Hall–Kier alpha value is -2.70. The maximum atomic E-state index is 13.2. The van der Waals surface area contributed by atoms with Crippen molar-refractivity contribution in [1.29, 1.82) is 0 Å². The average Bonchev–Trinajstić information content (AvgIpc) is 2.99. The first-order valence-corrected chi connectivity index (χ1v) is 10.8. The van der Waals surface area contributed by atoms with Crippen LogP contribution in [0.4, 0.5) is 10.1 Å². The van der Waals surface area contributed by atoms with Crippen LogP contribution in [0.25, 0.3) is 6.08 Å². The normalized spacial score (nSPS) is 20.9. The zero-order valence-electron chi connectivity index (χ0n) is 17.4. The number of piperazine rings is 1. The highest BCUT2D eigenvalue weighted by Gasteiger charge is 2.41. The molecule has 0 aliphatic carbocycles. The second-order valence-corrected chi connectivity index (χ2v) is 8.63. The monoisotopic (exact) mass is 441 g/mol. The molecule has 2 aromatic rings. The summed E-state index contributed by atoms with van der Waals surface area (Å²) in [4.78, 5) is 28.8. The van der Waals surface area contributed by atoms with E-state index in [1.165, 1.54) is 19.1 Å². The summed E-state index contributed by atoms with van der Waals surface area (Å²) < 4.78 is 13.2. The SMILES string of the molecule is CC(=O)Nc1cc(Cl)ccc1C=CC(=O)N1C2CCC1CN(Cc1ccc(F)cc1)C2. The van der Waals surface area contributed by atoms with E-state index in [1.807, 2.05) is 17.0 Å². The Kier molecular flexibility index (Phi) is 6.39. The largest absolute Gasteiger partial charge is 0.331 e. The molecule has 5 nitrogen and oxygen atoms in total. The molecule has 0 radical (unpaired) electrons. The quantitative estimate of drug-likeness (QED) is 0.703. The van der Waals surface area contributed by atoms with Crippen molar-refractivity contribution in [1.82, 2.24) is 9.80 Å². The Bertz CT molecular complexity index is 994. The average molecular weight is 442 g/mol. The molecule has 0 spiro atoms. The zero-order valence-corrected chi connectivity index (χ0v) is 18.1. The van der Waals surface area contributed by atoms with E-state index in [2.05, 4.69) is 10.2 Å². The molecule has 2 fully saturated rings. The summed E-state index contributed by atoms with van der Waals surface area (Å²) in [5.41, 5.74) is 2.39. The molecule has 4 rings (SSSR count). The first-order valence-electron chi connectivity index (χ1n) is 10.4. The number of likely N-dealkylation sites (tertiary alicyclic amines) is 1. The van der Waals surface area contributed by atoms with Gasteiger partial charge < -0.3 is 10.2 Å². The summed E-state index contributed by atoms with van der Waals surface area (Å²) >= 11 is 6.04. The zero-order chi connectivity index (χ0) is 22.0. The van der Waals surface area contributed by atoms with E-state index in [9.17, 15) is 14.0 Å². The Morgan fingerprint density at radius 3 is 2.45 bits per heavy atom. The third kappa shape index (κ3) is 5.14. The summed E-state index contributed by atoms with van der Waals surface area (Å²) in [6.07, 6.45) is 5.29. The number of halogens is 2. The van der Waals surface area contributed by atoms with E-state index in [1.54, 1.807) is 30.4 Å². The molecule has 2 saturated heterocycles. The fraction of sp³-hybridized carbons (Fsp3) is 0.333. The van der Waals surface area contributed by atoms with E-state index in [0.29, 0.717) is 10.7 Å². The van der Waals surface area contributed by atoms with Crippen molar-refractivity contribution in [2.45, 2.75) is 38.4 Å². The van der Waals surface area contributed by atoms with Gasteiger partial charge in [-0.25, -0.2) is 4.39 Å². The number of amides is 2. The third-order valence-corrected chi connectivity index (χ3v) is 6.10. The number of hydrogen-bond acceptors (Lipinski definition) is 3. The summed E-state index contributed by atoms with van der Waals surface area (Å²) in [5.74, 6) is -0.440. The van der Waals surface area contributed by atoms with Crippen LogP contribution in [-0.4, -0.2) is 46.8 Å². The Morgan fingerprint density at radius 1 is 1.13 bits per heavy atom. The van der Waals surface area contributed by atoms with Crippen LogP contribution in [-0.2, 0) is 16.1 Å². The Balaban J connectivity index is 1.42. The molecule has 7 heteroatoms. The van der Waals surface area contributed by atoms with Gasteiger partial charge in [0.25, 0.3) is 0 Å². The van der Waals surface area contributed by atoms with Crippen molar-refractivity contribution in [2.24, 2.45) is 0 Å². The van der Waals surface area contributed by atoms with Gasteiger partial charge in [0.15, 0.2) is 0 Å². The van der Waals surface area contributed by atoms with Crippen LogP contribution in [0.15, 0.2) is 48.5 Å². The molecule has 0 saturated carbocycles. The molecule has 2 atom stereocenters. The summed E-state index contributed by atoms with van der Waals surface area (Å²) in [6.45, 7) is 3.82. The van der Waals surface area contributed by atoms with Crippen LogP contribution in [0.2, 0.25) is 5.02 Å². The highest BCUT2D eigenvalue weighted by molar-refractivity contribution is 6.31. The van der Waals surface area contributed by atoms with Gasteiger partial charge in [0.05, 0.1) is 0 Å². The van der Waals surface area contributed by atoms with E-state index < -0.39 is 0 Å². The first-order chi connectivity index (χ1) is 14.9. The number of carbonyl (C=O) groups is 2. The molecule has 2 aromatic carbocycles. The number of nitrogens with one attached hydrogen (secondary N) is 1. The minimum Gasteiger partial charge on any atom is -0.331 e. The smallest absolute Gasteiger partial charge is 0.247 e. The number of anilines is 1. The lowest BCUT2D eigenvalue weighted by Gasteiger charge is -2.40. The van der Waals surface area contributed by atoms with E-state index in [-0.39, 0.29) is 29.7 Å². The fourth-order valence-corrected chi connectivity index (χ4v) is 4.72. The van der Waals surface area contributed by atoms with Crippen molar-refractivity contribution in [3.8, 4) is 0 Å². The Morgan fingerprint density at radius 2 is 1.81 bits per heavy atom. The van der Waals surface area contributed by atoms with Crippen LogP contribution >= 0.6 is 11.6 Å². The molecule has 2 unspecified atom stereocenters. The molecule has 31 heavy (non-hydrogen) atoms. The van der Waals surface area contributed by atoms with E-state index in [0.717, 1.165) is 43.6 Å².